The number of carbonyl (C=O) groups is 1. The van der Waals surface area contributed by atoms with Gasteiger partial charge in [0.05, 0.1) is 17.5 Å². The van der Waals surface area contributed by atoms with Crippen molar-refractivity contribution < 1.29 is 4.79 Å². The number of aromatic nitrogens is 4. The van der Waals surface area contributed by atoms with Gasteiger partial charge in [0.1, 0.15) is 10.7 Å². The van der Waals surface area contributed by atoms with E-state index in [4.69, 9.17) is 28.7 Å². The van der Waals surface area contributed by atoms with Crippen molar-refractivity contribution in [3.8, 4) is 45.4 Å². The molecule has 0 aliphatic heterocycles. The van der Waals surface area contributed by atoms with Crippen molar-refractivity contribution in [1.82, 2.24) is 19.9 Å². The Morgan fingerprint density at radius 2 is 1.82 bits per heavy atom. The van der Waals surface area contributed by atoms with Gasteiger partial charge >= 0.3 is 0 Å². The van der Waals surface area contributed by atoms with Gasteiger partial charge in [-0.2, -0.15) is 0 Å². The number of fused-ring (bicyclic) bond motifs is 1. The zero-order valence-corrected chi connectivity index (χ0v) is 18.6. The fourth-order valence-corrected chi connectivity index (χ4v) is 4.54. The summed E-state index contributed by atoms with van der Waals surface area (Å²) in [6, 6.07) is 16.3. The quantitative estimate of drug-likeness (QED) is 0.366. The number of nitrogens with zero attached hydrogens (tertiary/aromatic N) is 4. The minimum atomic E-state index is -0.581. The normalized spacial score (nSPS) is 10.8. The minimum absolute atomic E-state index is 0.310. The number of hydrogen-bond donors (Lipinski definition) is 1. The summed E-state index contributed by atoms with van der Waals surface area (Å²) >= 11 is 7.32. The van der Waals surface area contributed by atoms with E-state index < -0.39 is 5.91 Å². The summed E-state index contributed by atoms with van der Waals surface area (Å²) < 4.78 is 0. The van der Waals surface area contributed by atoms with Crippen LogP contribution in [-0.4, -0.2) is 25.8 Å². The molecule has 0 fully saturated rings. The van der Waals surface area contributed by atoms with Gasteiger partial charge in [-0.05, 0) is 24.3 Å². The predicted octanol–water partition coefficient (Wildman–Crippen LogP) is 5.22. The predicted molar refractivity (Wildman–Crippen MR) is 131 cm³/mol. The van der Waals surface area contributed by atoms with E-state index in [0.717, 1.165) is 5.56 Å². The second-order valence-corrected chi connectivity index (χ2v) is 8.46. The molecule has 0 aliphatic rings. The van der Waals surface area contributed by atoms with Crippen LogP contribution in [0.25, 0.3) is 43.6 Å². The SMILES string of the molecule is C#Cc1ccccc1-c1c(C(N)=O)ccnc1-c1nc2ncc(-c3ccc(Cl)cc3)nc2s1. The van der Waals surface area contributed by atoms with Gasteiger partial charge in [-0.15, -0.1) is 6.42 Å². The van der Waals surface area contributed by atoms with Gasteiger partial charge in [-0.1, -0.05) is 59.2 Å². The molecule has 0 atom stereocenters. The van der Waals surface area contributed by atoms with E-state index in [1.807, 2.05) is 30.3 Å². The molecule has 2 N–H and O–H groups in total. The second kappa shape index (κ2) is 8.43. The Labute approximate surface area is 198 Å². The number of primary amides is 1. The monoisotopic (exact) mass is 467 g/mol. The Bertz CT molecular complexity index is 1570. The molecule has 8 heteroatoms. The van der Waals surface area contributed by atoms with E-state index in [9.17, 15) is 4.79 Å². The van der Waals surface area contributed by atoms with Crippen molar-refractivity contribution in [2.75, 3.05) is 0 Å². The first kappa shape index (κ1) is 20.8. The number of hydrogen-bond acceptors (Lipinski definition) is 6. The molecule has 0 unspecified atom stereocenters. The fraction of sp³-hybridized carbons (Fsp3) is 0. The molecule has 0 aliphatic carbocycles. The Morgan fingerprint density at radius 3 is 2.58 bits per heavy atom. The van der Waals surface area contributed by atoms with Gasteiger partial charge in [0.2, 0.25) is 5.91 Å². The first-order chi connectivity index (χ1) is 16.0. The fourth-order valence-electron chi connectivity index (χ4n) is 3.51. The Hall–Kier alpha value is -4.12. The minimum Gasteiger partial charge on any atom is -0.366 e. The van der Waals surface area contributed by atoms with Gasteiger partial charge < -0.3 is 5.73 Å². The summed E-state index contributed by atoms with van der Waals surface area (Å²) in [7, 11) is 0. The number of carbonyl (C=O) groups excluding carboxylic acids is 1. The summed E-state index contributed by atoms with van der Waals surface area (Å²) in [5.74, 6) is 2.08. The van der Waals surface area contributed by atoms with Crippen LogP contribution in [-0.2, 0) is 0 Å². The molecule has 0 saturated carbocycles. The molecule has 5 rings (SSSR count). The number of pyridine rings is 1. The lowest BCUT2D eigenvalue weighted by atomic mass is 9.94. The third-order valence-corrected chi connectivity index (χ3v) is 6.23. The lowest BCUT2D eigenvalue weighted by molar-refractivity contribution is 0.100. The molecule has 158 valence electrons. The smallest absolute Gasteiger partial charge is 0.249 e. The third-order valence-electron chi connectivity index (χ3n) is 5.03. The average molecular weight is 468 g/mol. The zero-order valence-electron chi connectivity index (χ0n) is 17.0. The number of rotatable bonds is 4. The summed E-state index contributed by atoms with van der Waals surface area (Å²) in [5, 5.41) is 1.20. The lowest BCUT2D eigenvalue weighted by Crippen LogP contribution is -2.13. The van der Waals surface area contributed by atoms with E-state index in [0.29, 0.717) is 54.1 Å². The van der Waals surface area contributed by atoms with Crippen LogP contribution in [0.1, 0.15) is 15.9 Å². The summed E-state index contributed by atoms with van der Waals surface area (Å²) in [4.78, 5) is 31.3. The highest BCUT2D eigenvalue weighted by Gasteiger charge is 2.22. The van der Waals surface area contributed by atoms with Crippen LogP contribution < -0.4 is 5.73 Å². The van der Waals surface area contributed by atoms with E-state index in [2.05, 4.69) is 20.9 Å². The molecule has 0 saturated heterocycles. The van der Waals surface area contributed by atoms with Crippen LogP contribution >= 0.6 is 22.9 Å². The highest BCUT2D eigenvalue weighted by Crippen LogP contribution is 2.38. The highest BCUT2D eigenvalue weighted by molar-refractivity contribution is 7.21. The maximum absolute atomic E-state index is 12.3. The topological polar surface area (TPSA) is 94.7 Å². The van der Waals surface area contributed by atoms with E-state index in [1.54, 1.807) is 30.5 Å². The molecule has 2 aromatic carbocycles. The molecule has 1 amide bonds. The maximum atomic E-state index is 12.3. The molecular formula is C25H14ClN5OS. The molecule has 3 aromatic heterocycles. The van der Waals surface area contributed by atoms with Crippen molar-refractivity contribution >= 4 is 39.3 Å². The standard InChI is InChI=1S/C25H14ClN5OS/c1-2-14-5-3-4-6-17(14)20-18(22(27)32)11-12-28-21(20)24-31-23-25(33-24)30-19(13-29-23)15-7-9-16(26)10-8-15/h1,3-13H,(H2,27,32). The first-order valence-electron chi connectivity index (χ1n) is 9.80. The maximum Gasteiger partial charge on any atom is 0.249 e. The molecule has 3 heterocycles. The van der Waals surface area contributed by atoms with Gasteiger partial charge in [-0.3, -0.25) is 9.78 Å². The Balaban J connectivity index is 1.70. The van der Waals surface area contributed by atoms with Crippen LogP contribution in [0.4, 0.5) is 0 Å². The van der Waals surface area contributed by atoms with Crippen LogP contribution in [0.5, 0.6) is 0 Å². The van der Waals surface area contributed by atoms with Crippen LogP contribution in [0.2, 0.25) is 5.02 Å². The van der Waals surface area contributed by atoms with Crippen LogP contribution in [0, 0.1) is 12.3 Å². The number of nitrogens with two attached hydrogens (primary N) is 1. The van der Waals surface area contributed by atoms with Gasteiger partial charge in [-0.25, -0.2) is 15.0 Å². The average Bonchev–Trinajstić information content (AvgIpc) is 3.27. The lowest BCUT2D eigenvalue weighted by Gasteiger charge is -2.12. The number of terminal acetylenes is 1. The Kier molecular flexibility index (Phi) is 5.31. The summed E-state index contributed by atoms with van der Waals surface area (Å²) in [5.41, 5.74) is 10.4. The van der Waals surface area contributed by atoms with Crippen molar-refractivity contribution in [3.63, 3.8) is 0 Å². The number of amides is 1. The van der Waals surface area contributed by atoms with E-state index in [1.165, 1.54) is 17.5 Å². The molecule has 0 radical (unpaired) electrons. The molecule has 5 aromatic rings. The zero-order chi connectivity index (χ0) is 22.9. The van der Waals surface area contributed by atoms with Crippen LogP contribution in [0.15, 0.2) is 67.0 Å². The van der Waals surface area contributed by atoms with E-state index in [-0.39, 0.29) is 0 Å². The number of halogens is 1. The van der Waals surface area contributed by atoms with Gasteiger partial charge in [0, 0.05) is 33.5 Å². The third kappa shape index (κ3) is 3.82. The van der Waals surface area contributed by atoms with Gasteiger partial charge in [0.25, 0.3) is 0 Å². The first-order valence-corrected chi connectivity index (χ1v) is 11.0. The molecule has 0 bridgehead atoms. The summed E-state index contributed by atoms with van der Waals surface area (Å²) in [6.45, 7) is 0. The summed E-state index contributed by atoms with van der Waals surface area (Å²) in [6.07, 6.45) is 8.91. The van der Waals surface area contributed by atoms with Crippen molar-refractivity contribution in [3.05, 3.63) is 83.1 Å². The Morgan fingerprint density at radius 1 is 1.03 bits per heavy atom. The van der Waals surface area contributed by atoms with E-state index >= 15 is 0 Å². The van der Waals surface area contributed by atoms with Gasteiger partial charge in [0.15, 0.2) is 10.5 Å². The van der Waals surface area contributed by atoms with Crippen molar-refractivity contribution in [1.29, 1.82) is 0 Å². The van der Waals surface area contributed by atoms with Crippen LogP contribution in [0.3, 0.4) is 0 Å². The molecule has 6 nitrogen and oxygen atoms in total. The second-order valence-electron chi connectivity index (χ2n) is 7.05. The number of thiazole rings is 1. The largest absolute Gasteiger partial charge is 0.366 e. The molecule has 33 heavy (non-hydrogen) atoms. The van der Waals surface area contributed by atoms with Crippen molar-refractivity contribution in [2.45, 2.75) is 0 Å². The molecule has 0 spiro atoms. The highest BCUT2D eigenvalue weighted by atomic mass is 35.5. The number of benzene rings is 2. The molecular weight excluding hydrogens is 454 g/mol. The van der Waals surface area contributed by atoms with Crippen molar-refractivity contribution in [2.24, 2.45) is 5.73 Å².